The molecule has 21 heavy (non-hydrogen) atoms. The van der Waals surface area contributed by atoms with Crippen molar-refractivity contribution in [2.45, 2.75) is 23.8 Å². The van der Waals surface area contributed by atoms with Gasteiger partial charge in [0.2, 0.25) is 10.0 Å². The summed E-state index contributed by atoms with van der Waals surface area (Å²) in [4.78, 5) is 12.8. The smallest absolute Gasteiger partial charge is 0.335 e. The fourth-order valence-corrected chi connectivity index (χ4v) is 3.63. The van der Waals surface area contributed by atoms with Crippen LogP contribution in [0.2, 0.25) is 0 Å². The summed E-state index contributed by atoms with van der Waals surface area (Å²) >= 11 is 0. The van der Waals surface area contributed by atoms with Crippen molar-refractivity contribution in [3.05, 3.63) is 23.8 Å². The normalized spacial score (nSPS) is 19.8. The summed E-state index contributed by atoms with van der Waals surface area (Å²) in [6, 6.07) is 3.78. The molecule has 1 aromatic carbocycles. The number of hydrogen-bond acceptors (Lipinski definition) is 5. The summed E-state index contributed by atoms with van der Waals surface area (Å²) in [6.45, 7) is 1.28. The Morgan fingerprint density at radius 3 is 2.76 bits per heavy atom. The molecule has 0 bridgehead atoms. The van der Waals surface area contributed by atoms with Gasteiger partial charge in [-0.1, -0.05) is 0 Å². The van der Waals surface area contributed by atoms with E-state index >= 15 is 0 Å². The third kappa shape index (κ3) is 3.52. The zero-order chi connectivity index (χ0) is 15.6. The number of nitrogen functional groups attached to an aromatic ring is 1. The second-order valence-corrected chi connectivity index (χ2v) is 6.92. The molecule has 1 aliphatic heterocycles. The van der Waals surface area contributed by atoms with E-state index in [-0.39, 0.29) is 22.2 Å². The molecule has 0 radical (unpaired) electrons. The Kier molecular flexibility index (Phi) is 4.50. The summed E-state index contributed by atoms with van der Waals surface area (Å²) in [5.74, 6) is -1.15. The Morgan fingerprint density at radius 2 is 2.24 bits per heavy atom. The van der Waals surface area contributed by atoms with Gasteiger partial charge in [-0.3, -0.25) is 0 Å². The molecule has 0 amide bonds. The Hall–Kier alpha value is -1.64. The van der Waals surface area contributed by atoms with Crippen molar-refractivity contribution in [2.24, 2.45) is 0 Å². The first-order valence-corrected chi connectivity index (χ1v) is 8.12. The SMILES string of the molecule is CN1CCCC1CNS(=O)(=O)c1ccc(C(=O)O)cc1N. The number of carboxylic acids is 1. The predicted octanol–water partition coefficient (Wildman–Crippen LogP) is 0.340. The molecular formula is C13H19N3O4S. The van der Waals surface area contributed by atoms with E-state index < -0.39 is 16.0 Å². The maximum Gasteiger partial charge on any atom is 0.335 e. The molecule has 0 saturated carbocycles. The van der Waals surface area contributed by atoms with Gasteiger partial charge in [-0.2, -0.15) is 0 Å². The van der Waals surface area contributed by atoms with Crippen molar-refractivity contribution in [3.63, 3.8) is 0 Å². The Bertz CT molecular complexity index is 645. The highest BCUT2D eigenvalue weighted by molar-refractivity contribution is 7.89. The topological polar surface area (TPSA) is 113 Å². The summed E-state index contributed by atoms with van der Waals surface area (Å²) in [5.41, 5.74) is 5.56. The first-order valence-electron chi connectivity index (χ1n) is 6.64. The quantitative estimate of drug-likeness (QED) is 0.676. The minimum Gasteiger partial charge on any atom is -0.478 e. The van der Waals surface area contributed by atoms with E-state index in [9.17, 15) is 13.2 Å². The van der Waals surface area contributed by atoms with E-state index in [0.717, 1.165) is 25.5 Å². The molecule has 1 aliphatic rings. The number of aromatic carboxylic acids is 1. The number of nitrogens with two attached hydrogens (primary N) is 1. The number of carboxylic acid groups (broad SMARTS) is 1. The van der Waals surface area contributed by atoms with Gasteiger partial charge < -0.3 is 15.7 Å². The molecule has 116 valence electrons. The van der Waals surface area contributed by atoms with Crippen LogP contribution < -0.4 is 10.5 Å². The Morgan fingerprint density at radius 1 is 1.52 bits per heavy atom. The van der Waals surface area contributed by atoms with E-state index in [0.29, 0.717) is 6.54 Å². The summed E-state index contributed by atoms with van der Waals surface area (Å²) in [6.07, 6.45) is 2.00. The van der Waals surface area contributed by atoms with Gasteiger partial charge in [-0.05, 0) is 44.6 Å². The summed E-state index contributed by atoms with van der Waals surface area (Å²) in [7, 11) is -1.78. The van der Waals surface area contributed by atoms with Crippen LogP contribution >= 0.6 is 0 Å². The van der Waals surface area contributed by atoms with Crippen molar-refractivity contribution in [1.29, 1.82) is 0 Å². The number of nitrogens with zero attached hydrogens (tertiary/aromatic N) is 1. The lowest BCUT2D eigenvalue weighted by Gasteiger charge is -2.20. The number of nitrogens with one attached hydrogen (secondary N) is 1. The number of benzene rings is 1. The Labute approximate surface area is 123 Å². The second-order valence-electron chi connectivity index (χ2n) is 5.19. The Balaban J connectivity index is 2.14. The van der Waals surface area contributed by atoms with Gasteiger partial charge in [-0.25, -0.2) is 17.9 Å². The number of sulfonamides is 1. The van der Waals surface area contributed by atoms with Gasteiger partial charge in [-0.15, -0.1) is 0 Å². The summed E-state index contributed by atoms with van der Waals surface area (Å²) < 4.78 is 27.0. The minimum atomic E-state index is -3.74. The predicted molar refractivity (Wildman–Crippen MR) is 78.7 cm³/mol. The highest BCUT2D eigenvalue weighted by Crippen LogP contribution is 2.20. The van der Waals surface area contributed by atoms with Crippen LogP contribution in [0.3, 0.4) is 0 Å². The van der Waals surface area contributed by atoms with Crippen LogP contribution in [0.25, 0.3) is 0 Å². The molecule has 1 unspecified atom stereocenters. The highest BCUT2D eigenvalue weighted by atomic mass is 32.2. The third-order valence-corrected chi connectivity index (χ3v) is 5.22. The fraction of sp³-hybridized carbons (Fsp3) is 0.462. The van der Waals surface area contributed by atoms with Crippen molar-refractivity contribution in [3.8, 4) is 0 Å². The van der Waals surface area contributed by atoms with Crippen LogP contribution in [-0.2, 0) is 10.0 Å². The molecule has 8 heteroatoms. The van der Waals surface area contributed by atoms with E-state index in [1.165, 1.54) is 12.1 Å². The lowest BCUT2D eigenvalue weighted by Crippen LogP contribution is -2.38. The average molecular weight is 313 g/mol. The molecule has 1 atom stereocenters. The summed E-state index contributed by atoms with van der Waals surface area (Å²) in [5, 5.41) is 8.85. The minimum absolute atomic E-state index is 0.0398. The molecule has 1 saturated heterocycles. The molecule has 2 rings (SSSR count). The first kappa shape index (κ1) is 15.7. The number of rotatable bonds is 5. The molecule has 1 aromatic rings. The van der Waals surface area contributed by atoms with Crippen molar-refractivity contribution in [1.82, 2.24) is 9.62 Å². The van der Waals surface area contributed by atoms with Crippen molar-refractivity contribution < 1.29 is 18.3 Å². The van der Waals surface area contributed by atoms with Crippen LogP contribution in [0.4, 0.5) is 5.69 Å². The molecule has 0 spiro atoms. The van der Waals surface area contributed by atoms with Gasteiger partial charge >= 0.3 is 5.97 Å². The number of hydrogen-bond donors (Lipinski definition) is 3. The van der Waals surface area contributed by atoms with E-state index in [1.807, 2.05) is 7.05 Å². The standard InChI is InChI=1S/C13H19N3O4S/c1-16-6-2-3-10(16)8-15-21(19,20)12-5-4-9(13(17)18)7-11(12)14/h4-5,7,10,15H,2-3,6,8,14H2,1H3,(H,17,18). The maximum atomic E-state index is 12.2. The van der Waals surface area contributed by atoms with E-state index in [4.69, 9.17) is 10.8 Å². The van der Waals surface area contributed by atoms with Crippen LogP contribution in [-0.4, -0.2) is 50.6 Å². The van der Waals surface area contributed by atoms with Gasteiger partial charge in [0.1, 0.15) is 4.90 Å². The monoisotopic (exact) mass is 313 g/mol. The van der Waals surface area contributed by atoms with Gasteiger partial charge in [0.15, 0.2) is 0 Å². The molecule has 7 nitrogen and oxygen atoms in total. The van der Waals surface area contributed by atoms with Crippen LogP contribution in [0.15, 0.2) is 23.1 Å². The van der Waals surface area contributed by atoms with Crippen LogP contribution in [0, 0.1) is 0 Å². The molecule has 0 aromatic heterocycles. The highest BCUT2D eigenvalue weighted by Gasteiger charge is 2.24. The number of likely N-dealkylation sites (tertiary alicyclic amines) is 1. The average Bonchev–Trinajstić information content (AvgIpc) is 2.81. The molecule has 1 heterocycles. The lowest BCUT2D eigenvalue weighted by atomic mass is 10.2. The van der Waals surface area contributed by atoms with Gasteiger partial charge in [0.25, 0.3) is 0 Å². The molecule has 0 aliphatic carbocycles. The van der Waals surface area contributed by atoms with Crippen LogP contribution in [0.5, 0.6) is 0 Å². The zero-order valence-corrected chi connectivity index (χ0v) is 12.6. The number of likely N-dealkylation sites (N-methyl/N-ethyl adjacent to an activating group) is 1. The molecule has 4 N–H and O–H groups in total. The largest absolute Gasteiger partial charge is 0.478 e. The van der Waals surface area contributed by atoms with Gasteiger partial charge in [0, 0.05) is 12.6 Å². The van der Waals surface area contributed by atoms with E-state index in [2.05, 4.69) is 9.62 Å². The molecule has 1 fully saturated rings. The van der Waals surface area contributed by atoms with Gasteiger partial charge in [0.05, 0.1) is 11.3 Å². The lowest BCUT2D eigenvalue weighted by molar-refractivity contribution is 0.0697. The van der Waals surface area contributed by atoms with Crippen LogP contribution in [0.1, 0.15) is 23.2 Å². The zero-order valence-electron chi connectivity index (χ0n) is 11.7. The number of anilines is 1. The maximum absolute atomic E-state index is 12.2. The van der Waals surface area contributed by atoms with Crippen molar-refractivity contribution in [2.75, 3.05) is 25.9 Å². The van der Waals surface area contributed by atoms with Crippen molar-refractivity contribution >= 4 is 21.7 Å². The van der Waals surface area contributed by atoms with E-state index in [1.54, 1.807) is 0 Å². The second kappa shape index (κ2) is 6.00. The number of carbonyl (C=O) groups is 1. The fourth-order valence-electron chi connectivity index (χ4n) is 2.45. The third-order valence-electron chi connectivity index (χ3n) is 3.73. The first-order chi connectivity index (χ1) is 9.81. The molecular weight excluding hydrogens is 294 g/mol.